The van der Waals surface area contributed by atoms with E-state index in [0.717, 1.165) is 43.6 Å². The lowest BCUT2D eigenvalue weighted by Crippen LogP contribution is -2.50. The van der Waals surface area contributed by atoms with Gasteiger partial charge in [0.2, 0.25) is 0 Å². The number of rotatable bonds is 4. The molecule has 0 saturated carbocycles. The quantitative estimate of drug-likeness (QED) is 0.832. The van der Waals surface area contributed by atoms with Crippen molar-refractivity contribution >= 4 is 29.1 Å². The summed E-state index contributed by atoms with van der Waals surface area (Å²) >= 11 is 0. The maximum Gasteiger partial charge on any atom is 0.129 e. The topological polar surface area (TPSA) is 19.4 Å². The lowest BCUT2D eigenvalue weighted by atomic mass is 10.1. The summed E-state index contributed by atoms with van der Waals surface area (Å²) in [5.41, 5.74) is 2.43. The van der Waals surface area contributed by atoms with Gasteiger partial charge in [0, 0.05) is 37.6 Å². The van der Waals surface area contributed by atoms with Gasteiger partial charge in [0.1, 0.15) is 5.82 Å². The Morgan fingerprint density at radius 3 is 2.35 bits per heavy atom. The fourth-order valence-corrected chi connectivity index (χ4v) is 3.61. The molecule has 3 nitrogen and oxygen atoms in total. The van der Waals surface area contributed by atoms with Crippen molar-refractivity contribution in [2.45, 2.75) is 39.7 Å². The smallest absolute Gasteiger partial charge is 0.129 e. The summed E-state index contributed by atoms with van der Waals surface area (Å²) in [7, 11) is 0. The number of halogens is 1. The normalized spacial score (nSPS) is 15.9. The van der Waals surface area contributed by atoms with Crippen LogP contribution in [0.25, 0.3) is 10.9 Å². The Morgan fingerprint density at radius 2 is 1.70 bits per heavy atom. The number of fused-ring (bicyclic) bond motifs is 1. The van der Waals surface area contributed by atoms with Gasteiger partial charge in [0.05, 0.1) is 5.52 Å². The summed E-state index contributed by atoms with van der Waals surface area (Å²) in [6.45, 7) is 11.3. The molecule has 1 aliphatic heterocycles. The van der Waals surface area contributed by atoms with E-state index >= 15 is 0 Å². The van der Waals surface area contributed by atoms with Crippen molar-refractivity contribution in [3.8, 4) is 0 Å². The maximum absolute atomic E-state index is 4.88. The van der Waals surface area contributed by atoms with E-state index in [0.29, 0.717) is 0 Å². The average Bonchev–Trinajstić information content (AvgIpc) is 2.56. The van der Waals surface area contributed by atoms with E-state index in [1.165, 1.54) is 23.8 Å². The number of aryl methyl sites for hydroxylation is 1. The molecule has 0 spiro atoms. The Kier molecular flexibility index (Phi) is 6.25. The molecule has 23 heavy (non-hydrogen) atoms. The van der Waals surface area contributed by atoms with Crippen molar-refractivity contribution in [1.29, 1.82) is 0 Å². The number of piperazine rings is 1. The van der Waals surface area contributed by atoms with Gasteiger partial charge in [0.15, 0.2) is 0 Å². The summed E-state index contributed by atoms with van der Waals surface area (Å²) in [6.07, 6.45) is 2.51. The zero-order valence-electron chi connectivity index (χ0n) is 14.5. The zero-order valence-corrected chi connectivity index (χ0v) is 15.3. The summed E-state index contributed by atoms with van der Waals surface area (Å²) < 4.78 is 0. The Hall–Kier alpha value is -1.32. The van der Waals surface area contributed by atoms with Crippen molar-refractivity contribution in [2.75, 3.05) is 31.1 Å². The monoisotopic (exact) mass is 333 g/mol. The SMILES string of the molecule is CCC(CC)N1CCN(c2cc(C)c3ccccc3n2)CC1.Cl. The first-order chi connectivity index (χ1) is 10.7. The van der Waals surface area contributed by atoms with Crippen LogP contribution in [0.3, 0.4) is 0 Å². The minimum atomic E-state index is 0. The fourth-order valence-electron chi connectivity index (χ4n) is 3.61. The highest BCUT2D eigenvalue weighted by atomic mass is 35.5. The number of nitrogens with zero attached hydrogens (tertiary/aromatic N) is 3. The van der Waals surface area contributed by atoms with E-state index in [1.54, 1.807) is 0 Å². The summed E-state index contributed by atoms with van der Waals surface area (Å²) in [6, 6.07) is 11.4. The third-order valence-corrected chi connectivity index (χ3v) is 5.01. The number of aromatic nitrogens is 1. The van der Waals surface area contributed by atoms with Gasteiger partial charge in [-0.25, -0.2) is 4.98 Å². The molecular weight excluding hydrogens is 306 g/mol. The predicted octanol–water partition coefficient (Wildman–Crippen LogP) is 4.28. The molecule has 1 saturated heterocycles. The Balaban J connectivity index is 0.00000192. The van der Waals surface area contributed by atoms with Crippen molar-refractivity contribution in [1.82, 2.24) is 9.88 Å². The average molecular weight is 334 g/mol. The third-order valence-electron chi connectivity index (χ3n) is 5.01. The van der Waals surface area contributed by atoms with Gasteiger partial charge in [0.25, 0.3) is 0 Å². The van der Waals surface area contributed by atoms with Gasteiger partial charge < -0.3 is 4.90 Å². The molecular formula is C19H28ClN3. The Morgan fingerprint density at radius 1 is 1.04 bits per heavy atom. The van der Waals surface area contributed by atoms with Crippen molar-refractivity contribution in [3.05, 3.63) is 35.9 Å². The molecule has 1 aliphatic rings. The van der Waals surface area contributed by atoms with Gasteiger partial charge in [-0.2, -0.15) is 0 Å². The molecule has 0 bridgehead atoms. The number of para-hydroxylation sites is 1. The largest absolute Gasteiger partial charge is 0.354 e. The van der Waals surface area contributed by atoms with Crippen LogP contribution in [-0.2, 0) is 0 Å². The maximum atomic E-state index is 4.88. The zero-order chi connectivity index (χ0) is 15.5. The van der Waals surface area contributed by atoms with E-state index in [1.807, 2.05) is 0 Å². The minimum absolute atomic E-state index is 0. The highest BCUT2D eigenvalue weighted by Gasteiger charge is 2.22. The highest BCUT2D eigenvalue weighted by molar-refractivity contribution is 5.85. The molecule has 4 heteroatoms. The van der Waals surface area contributed by atoms with Gasteiger partial charge >= 0.3 is 0 Å². The van der Waals surface area contributed by atoms with Crippen molar-refractivity contribution < 1.29 is 0 Å². The van der Waals surface area contributed by atoms with Crippen LogP contribution in [0.2, 0.25) is 0 Å². The molecule has 2 heterocycles. The Labute approximate surface area is 146 Å². The molecule has 0 aliphatic carbocycles. The molecule has 0 unspecified atom stereocenters. The van der Waals surface area contributed by atoms with Crippen LogP contribution in [0.5, 0.6) is 0 Å². The van der Waals surface area contributed by atoms with E-state index in [9.17, 15) is 0 Å². The lowest BCUT2D eigenvalue weighted by molar-refractivity contribution is 0.175. The van der Waals surface area contributed by atoms with Crippen LogP contribution < -0.4 is 4.90 Å². The molecule has 3 rings (SSSR count). The van der Waals surface area contributed by atoms with E-state index in [4.69, 9.17) is 4.98 Å². The number of pyridine rings is 1. The molecule has 0 amide bonds. The summed E-state index contributed by atoms with van der Waals surface area (Å²) in [4.78, 5) is 9.96. The predicted molar refractivity (Wildman–Crippen MR) is 102 cm³/mol. The van der Waals surface area contributed by atoms with Gasteiger partial charge in [-0.15, -0.1) is 12.4 Å². The summed E-state index contributed by atoms with van der Waals surface area (Å²) in [5, 5.41) is 1.27. The minimum Gasteiger partial charge on any atom is -0.354 e. The van der Waals surface area contributed by atoms with E-state index < -0.39 is 0 Å². The first kappa shape index (κ1) is 18.0. The second kappa shape index (κ2) is 7.98. The van der Waals surface area contributed by atoms with Crippen LogP contribution >= 0.6 is 12.4 Å². The molecule has 1 aromatic carbocycles. The first-order valence-corrected chi connectivity index (χ1v) is 8.58. The van der Waals surface area contributed by atoms with Crippen molar-refractivity contribution in [2.24, 2.45) is 0 Å². The summed E-state index contributed by atoms with van der Waals surface area (Å²) in [5.74, 6) is 1.14. The van der Waals surface area contributed by atoms with Crippen LogP contribution in [0, 0.1) is 6.92 Å². The standard InChI is InChI=1S/C19H27N3.ClH/c1-4-16(5-2)21-10-12-22(13-11-21)19-14-15(3)17-8-6-7-9-18(17)20-19;/h6-9,14,16H,4-5,10-13H2,1-3H3;1H. The number of hydrogen-bond donors (Lipinski definition) is 0. The number of hydrogen-bond acceptors (Lipinski definition) is 3. The third kappa shape index (κ3) is 3.78. The molecule has 0 radical (unpaired) electrons. The lowest BCUT2D eigenvalue weighted by Gasteiger charge is -2.39. The van der Waals surface area contributed by atoms with Crippen LogP contribution in [0.4, 0.5) is 5.82 Å². The molecule has 1 aromatic heterocycles. The van der Waals surface area contributed by atoms with Gasteiger partial charge in [-0.1, -0.05) is 32.0 Å². The number of benzene rings is 1. The fraction of sp³-hybridized carbons (Fsp3) is 0.526. The van der Waals surface area contributed by atoms with E-state index in [-0.39, 0.29) is 12.4 Å². The van der Waals surface area contributed by atoms with Crippen LogP contribution in [0.1, 0.15) is 32.3 Å². The molecule has 126 valence electrons. The molecule has 1 fully saturated rings. The Bertz CT molecular complexity index is 632. The first-order valence-electron chi connectivity index (χ1n) is 8.58. The van der Waals surface area contributed by atoms with Gasteiger partial charge in [-0.3, -0.25) is 4.90 Å². The van der Waals surface area contributed by atoms with Crippen molar-refractivity contribution in [3.63, 3.8) is 0 Å². The van der Waals surface area contributed by atoms with E-state index in [2.05, 4.69) is 60.9 Å². The molecule has 0 N–H and O–H groups in total. The van der Waals surface area contributed by atoms with Crippen LogP contribution in [0.15, 0.2) is 30.3 Å². The molecule has 2 aromatic rings. The second-order valence-corrected chi connectivity index (χ2v) is 6.31. The van der Waals surface area contributed by atoms with Crippen LogP contribution in [-0.4, -0.2) is 42.1 Å². The van der Waals surface area contributed by atoms with Gasteiger partial charge in [-0.05, 0) is 37.5 Å². The highest BCUT2D eigenvalue weighted by Crippen LogP contribution is 2.23. The number of anilines is 1. The second-order valence-electron chi connectivity index (χ2n) is 6.31. The molecule has 0 atom stereocenters.